The van der Waals surface area contributed by atoms with Crippen LogP contribution in [0.15, 0.2) is 12.1 Å². The van der Waals surface area contributed by atoms with Gasteiger partial charge in [-0.15, -0.1) is 0 Å². The van der Waals surface area contributed by atoms with Crippen molar-refractivity contribution in [3.8, 4) is 17.6 Å². The van der Waals surface area contributed by atoms with E-state index in [2.05, 4.69) is 6.07 Å². The molecule has 0 atom stereocenters. The smallest absolute Gasteiger partial charge is 0.165 e. The highest BCUT2D eigenvalue weighted by atomic mass is 16.5. The first kappa shape index (κ1) is 12.3. The summed E-state index contributed by atoms with van der Waals surface area (Å²) in [6, 6.07) is 5.82. The minimum atomic E-state index is 0.277. The van der Waals surface area contributed by atoms with Gasteiger partial charge in [0.05, 0.1) is 33.3 Å². The van der Waals surface area contributed by atoms with Gasteiger partial charge in [0.25, 0.3) is 0 Å². The van der Waals surface area contributed by atoms with Gasteiger partial charge in [-0.05, 0) is 11.6 Å². The van der Waals surface area contributed by atoms with E-state index in [0.29, 0.717) is 18.1 Å². The molecule has 0 amide bonds. The van der Waals surface area contributed by atoms with Crippen LogP contribution >= 0.6 is 0 Å². The van der Waals surface area contributed by atoms with Gasteiger partial charge in [0.2, 0.25) is 0 Å². The van der Waals surface area contributed by atoms with E-state index in [1.54, 1.807) is 21.3 Å². The molecule has 0 heterocycles. The second-order valence-electron chi connectivity index (χ2n) is 3.21. The zero-order valence-electron chi connectivity index (χ0n) is 9.74. The Morgan fingerprint density at radius 1 is 1.19 bits per heavy atom. The summed E-state index contributed by atoms with van der Waals surface area (Å²) < 4.78 is 15.5. The van der Waals surface area contributed by atoms with Gasteiger partial charge in [-0.2, -0.15) is 5.26 Å². The maximum Gasteiger partial charge on any atom is 0.165 e. The Kier molecular flexibility index (Phi) is 4.62. The molecular weight excluding hydrogens is 206 g/mol. The van der Waals surface area contributed by atoms with Crippen molar-refractivity contribution in [1.82, 2.24) is 0 Å². The van der Waals surface area contributed by atoms with Crippen LogP contribution in [0.4, 0.5) is 0 Å². The number of hydrogen-bond donors (Lipinski definition) is 0. The first-order valence-electron chi connectivity index (χ1n) is 4.87. The van der Waals surface area contributed by atoms with Crippen molar-refractivity contribution in [3.63, 3.8) is 0 Å². The number of nitriles is 1. The SMILES string of the molecule is COCc1ccc(OC)c(OC)c1CC#N. The van der Waals surface area contributed by atoms with Crippen LogP contribution in [0.2, 0.25) is 0 Å². The van der Waals surface area contributed by atoms with Crippen LogP contribution in [0.25, 0.3) is 0 Å². The van der Waals surface area contributed by atoms with Crippen molar-refractivity contribution < 1.29 is 14.2 Å². The normalized spacial score (nSPS) is 9.62. The molecule has 0 aliphatic heterocycles. The Bertz CT molecular complexity index is 396. The summed E-state index contributed by atoms with van der Waals surface area (Å²) >= 11 is 0. The standard InChI is InChI=1S/C12H15NO3/c1-14-8-9-4-5-11(15-2)12(16-3)10(9)6-7-13/h4-5H,6,8H2,1-3H3. The minimum absolute atomic E-state index is 0.277. The second-order valence-corrected chi connectivity index (χ2v) is 3.21. The van der Waals surface area contributed by atoms with Crippen molar-refractivity contribution >= 4 is 0 Å². The maximum absolute atomic E-state index is 8.81. The lowest BCUT2D eigenvalue weighted by molar-refractivity contribution is 0.183. The lowest BCUT2D eigenvalue weighted by atomic mass is 10.0. The van der Waals surface area contributed by atoms with Crippen LogP contribution in [-0.2, 0) is 17.8 Å². The van der Waals surface area contributed by atoms with E-state index < -0.39 is 0 Å². The highest BCUT2D eigenvalue weighted by Crippen LogP contribution is 2.33. The molecule has 16 heavy (non-hydrogen) atoms. The summed E-state index contributed by atoms with van der Waals surface area (Å²) in [5, 5.41) is 8.81. The Hall–Kier alpha value is -1.73. The quantitative estimate of drug-likeness (QED) is 0.762. The molecule has 4 nitrogen and oxygen atoms in total. The fourth-order valence-electron chi connectivity index (χ4n) is 1.60. The first-order valence-corrected chi connectivity index (χ1v) is 4.87. The summed E-state index contributed by atoms with van der Waals surface area (Å²) in [5.41, 5.74) is 1.77. The lowest BCUT2D eigenvalue weighted by Crippen LogP contribution is -2.01. The fourth-order valence-corrected chi connectivity index (χ4v) is 1.60. The van der Waals surface area contributed by atoms with Gasteiger partial charge in [0.1, 0.15) is 0 Å². The van der Waals surface area contributed by atoms with Crippen LogP contribution in [0.3, 0.4) is 0 Å². The number of rotatable bonds is 5. The van der Waals surface area contributed by atoms with E-state index >= 15 is 0 Å². The van der Waals surface area contributed by atoms with Crippen molar-refractivity contribution in [2.45, 2.75) is 13.0 Å². The maximum atomic E-state index is 8.81. The summed E-state index contributed by atoms with van der Waals surface area (Å²) in [6.07, 6.45) is 0.277. The molecular formula is C12H15NO3. The molecule has 0 unspecified atom stereocenters. The molecule has 0 saturated carbocycles. The average molecular weight is 221 g/mol. The molecule has 0 spiro atoms. The largest absolute Gasteiger partial charge is 0.493 e. The fraction of sp³-hybridized carbons (Fsp3) is 0.417. The van der Waals surface area contributed by atoms with E-state index in [4.69, 9.17) is 19.5 Å². The summed E-state index contributed by atoms with van der Waals surface area (Å²) in [6.45, 7) is 0.456. The topological polar surface area (TPSA) is 51.5 Å². The number of benzene rings is 1. The lowest BCUT2D eigenvalue weighted by Gasteiger charge is -2.14. The van der Waals surface area contributed by atoms with Crippen LogP contribution in [0.5, 0.6) is 11.5 Å². The third-order valence-electron chi connectivity index (χ3n) is 2.30. The predicted octanol–water partition coefficient (Wildman–Crippen LogP) is 1.92. The number of ether oxygens (including phenoxy) is 3. The third-order valence-corrected chi connectivity index (χ3v) is 2.30. The summed E-state index contributed by atoms with van der Waals surface area (Å²) in [7, 11) is 4.76. The van der Waals surface area contributed by atoms with Gasteiger partial charge in [-0.3, -0.25) is 0 Å². The number of nitrogens with zero attached hydrogens (tertiary/aromatic N) is 1. The van der Waals surface area contributed by atoms with E-state index in [1.165, 1.54) is 0 Å². The molecule has 0 bridgehead atoms. The monoisotopic (exact) mass is 221 g/mol. The Morgan fingerprint density at radius 2 is 1.94 bits per heavy atom. The zero-order valence-corrected chi connectivity index (χ0v) is 9.74. The molecule has 0 saturated heterocycles. The van der Waals surface area contributed by atoms with Crippen LogP contribution in [0.1, 0.15) is 11.1 Å². The van der Waals surface area contributed by atoms with E-state index in [1.807, 2.05) is 12.1 Å². The first-order chi connectivity index (χ1) is 7.78. The number of hydrogen-bond acceptors (Lipinski definition) is 4. The molecule has 4 heteroatoms. The van der Waals surface area contributed by atoms with Gasteiger partial charge in [-0.25, -0.2) is 0 Å². The van der Waals surface area contributed by atoms with Crippen LogP contribution < -0.4 is 9.47 Å². The van der Waals surface area contributed by atoms with Crippen molar-refractivity contribution in [1.29, 1.82) is 5.26 Å². The minimum Gasteiger partial charge on any atom is -0.493 e. The molecule has 0 N–H and O–H groups in total. The highest BCUT2D eigenvalue weighted by molar-refractivity contribution is 5.51. The van der Waals surface area contributed by atoms with Crippen LogP contribution in [0, 0.1) is 11.3 Å². The molecule has 0 aromatic heterocycles. The Labute approximate surface area is 95.4 Å². The molecule has 0 fully saturated rings. The van der Waals surface area contributed by atoms with Gasteiger partial charge >= 0.3 is 0 Å². The Balaban J connectivity index is 3.26. The third kappa shape index (κ3) is 2.44. The van der Waals surface area contributed by atoms with Gasteiger partial charge in [0.15, 0.2) is 11.5 Å². The molecule has 0 aliphatic carbocycles. The van der Waals surface area contributed by atoms with Gasteiger partial charge in [-0.1, -0.05) is 6.07 Å². The van der Waals surface area contributed by atoms with Gasteiger partial charge in [0, 0.05) is 12.7 Å². The Morgan fingerprint density at radius 3 is 2.44 bits per heavy atom. The molecule has 0 aliphatic rings. The molecule has 1 rings (SSSR count). The highest BCUT2D eigenvalue weighted by Gasteiger charge is 2.14. The van der Waals surface area contributed by atoms with Crippen molar-refractivity contribution in [2.75, 3.05) is 21.3 Å². The van der Waals surface area contributed by atoms with Crippen LogP contribution in [-0.4, -0.2) is 21.3 Å². The molecule has 86 valence electrons. The molecule has 0 radical (unpaired) electrons. The van der Waals surface area contributed by atoms with Crippen molar-refractivity contribution in [3.05, 3.63) is 23.3 Å². The second kappa shape index (κ2) is 5.99. The summed E-state index contributed by atoms with van der Waals surface area (Å²) in [4.78, 5) is 0. The van der Waals surface area contributed by atoms with E-state index in [-0.39, 0.29) is 6.42 Å². The average Bonchev–Trinajstić information content (AvgIpc) is 2.31. The zero-order chi connectivity index (χ0) is 12.0. The van der Waals surface area contributed by atoms with Gasteiger partial charge < -0.3 is 14.2 Å². The van der Waals surface area contributed by atoms with E-state index in [0.717, 1.165) is 11.1 Å². The summed E-state index contributed by atoms with van der Waals surface area (Å²) in [5.74, 6) is 1.24. The molecule has 1 aromatic carbocycles. The molecule has 1 aromatic rings. The predicted molar refractivity (Wildman–Crippen MR) is 59.6 cm³/mol. The number of methoxy groups -OCH3 is 3. The van der Waals surface area contributed by atoms with Crippen molar-refractivity contribution in [2.24, 2.45) is 0 Å². The van der Waals surface area contributed by atoms with E-state index in [9.17, 15) is 0 Å².